The first-order chi connectivity index (χ1) is 14.7. The van der Waals surface area contributed by atoms with Crippen LogP contribution in [-0.2, 0) is 11.3 Å². The first kappa shape index (κ1) is 18.7. The maximum absolute atomic E-state index is 6.31. The number of para-hydroxylation sites is 1. The molecule has 0 unspecified atom stereocenters. The third-order valence-electron chi connectivity index (χ3n) is 5.62. The van der Waals surface area contributed by atoms with Gasteiger partial charge in [0.05, 0.1) is 31.0 Å². The molecule has 0 bridgehead atoms. The second kappa shape index (κ2) is 7.83. The molecule has 1 fully saturated rings. The summed E-state index contributed by atoms with van der Waals surface area (Å²) in [6.45, 7) is 4.23. The summed E-state index contributed by atoms with van der Waals surface area (Å²) in [7, 11) is 0. The summed E-state index contributed by atoms with van der Waals surface area (Å²) in [4.78, 5) is 2.28. The average Bonchev–Trinajstić information content (AvgIpc) is 3.18. The van der Waals surface area contributed by atoms with E-state index in [0.717, 1.165) is 42.3 Å². The first-order valence-corrected chi connectivity index (χ1v) is 10.2. The van der Waals surface area contributed by atoms with Gasteiger partial charge in [-0.25, -0.2) is 0 Å². The van der Waals surface area contributed by atoms with E-state index in [1.54, 1.807) is 0 Å². The highest BCUT2D eigenvalue weighted by molar-refractivity contribution is 5.71. The van der Waals surface area contributed by atoms with Crippen LogP contribution >= 0.6 is 0 Å². The van der Waals surface area contributed by atoms with Crippen LogP contribution in [0.5, 0.6) is 0 Å². The van der Waals surface area contributed by atoms with Crippen molar-refractivity contribution in [3.63, 3.8) is 0 Å². The number of anilines is 1. The van der Waals surface area contributed by atoms with Crippen LogP contribution in [0.3, 0.4) is 0 Å². The number of hydrogen-bond acceptors (Lipinski definition) is 4. The molecular weight excluding hydrogens is 372 g/mol. The summed E-state index contributed by atoms with van der Waals surface area (Å²) in [5.74, 6) is 6.66. The molecule has 2 N–H and O–H groups in total. The lowest BCUT2D eigenvalue weighted by molar-refractivity contribution is -0.0286. The third kappa shape index (κ3) is 3.52. The van der Waals surface area contributed by atoms with Gasteiger partial charge in [0.25, 0.3) is 0 Å². The van der Waals surface area contributed by atoms with Crippen LogP contribution in [0.1, 0.15) is 35.2 Å². The van der Waals surface area contributed by atoms with E-state index in [1.165, 1.54) is 11.1 Å². The quantitative estimate of drug-likeness (QED) is 0.688. The Balaban J connectivity index is 1.49. The van der Waals surface area contributed by atoms with E-state index in [9.17, 15) is 0 Å². The predicted octanol–water partition coefficient (Wildman–Crippen LogP) is 3.56. The van der Waals surface area contributed by atoms with E-state index >= 15 is 0 Å². The van der Waals surface area contributed by atoms with Gasteiger partial charge >= 0.3 is 0 Å². The summed E-state index contributed by atoms with van der Waals surface area (Å²) in [6, 6.07) is 16.9. The molecule has 2 aromatic carbocycles. The maximum atomic E-state index is 6.31. The number of fused-ring (bicyclic) bond motifs is 1. The van der Waals surface area contributed by atoms with Gasteiger partial charge in [0.2, 0.25) is 0 Å². The summed E-state index contributed by atoms with van der Waals surface area (Å²) in [5.41, 5.74) is 12.9. The van der Waals surface area contributed by atoms with Gasteiger partial charge in [0.1, 0.15) is 0 Å². The van der Waals surface area contributed by atoms with Crippen molar-refractivity contribution in [3.05, 3.63) is 88.9 Å². The van der Waals surface area contributed by atoms with Gasteiger partial charge in [0, 0.05) is 35.7 Å². The molecule has 0 spiro atoms. The number of hydrogen-bond donors (Lipinski definition) is 1. The molecule has 2 aliphatic rings. The fraction of sp³-hybridized carbons (Fsp3) is 0.240. The fourth-order valence-electron chi connectivity index (χ4n) is 3.86. The maximum Gasteiger partial charge on any atom is 0.0985 e. The monoisotopic (exact) mass is 396 g/mol. The largest absolute Gasteiger partial charge is 0.377 e. The minimum absolute atomic E-state index is 0.0607. The van der Waals surface area contributed by atoms with Crippen LogP contribution in [0, 0.1) is 11.8 Å². The zero-order chi connectivity index (χ0) is 20.5. The molecule has 3 heterocycles. The third-order valence-corrected chi connectivity index (χ3v) is 5.62. The molecular formula is C25H24N4O. The summed E-state index contributed by atoms with van der Waals surface area (Å²) in [6.07, 6.45) is 6.02. The Kier molecular flexibility index (Phi) is 4.88. The van der Waals surface area contributed by atoms with Gasteiger partial charge in [-0.2, -0.15) is 5.10 Å². The standard InChI is InChI=1S/C25H24N4O/c1-18(26)25-12-21-7-5-6-20(24(21)15-28(25)22-8-3-2-4-9-22)11-10-19-13-27-29(14-19)23-16-30-17-23/h2-9,12-14,18,23H,15-17,26H2,1H3/t18-/m0/s1. The summed E-state index contributed by atoms with van der Waals surface area (Å²) < 4.78 is 7.19. The van der Waals surface area contributed by atoms with Crippen molar-refractivity contribution in [2.24, 2.45) is 5.73 Å². The predicted molar refractivity (Wildman–Crippen MR) is 119 cm³/mol. The second-order valence-electron chi connectivity index (χ2n) is 7.80. The van der Waals surface area contributed by atoms with Crippen LogP contribution in [0.2, 0.25) is 0 Å². The lowest BCUT2D eigenvalue weighted by Gasteiger charge is -2.34. The topological polar surface area (TPSA) is 56.3 Å². The molecule has 5 rings (SSSR count). The highest BCUT2D eigenvalue weighted by Crippen LogP contribution is 2.32. The lowest BCUT2D eigenvalue weighted by atomic mass is 9.94. The molecule has 1 saturated heterocycles. The Labute approximate surface area is 176 Å². The molecule has 2 aliphatic heterocycles. The number of rotatable bonds is 3. The number of benzene rings is 2. The summed E-state index contributed by atoms with van der Waals surface area (Å²) >= 11 is 0. The molecule has 5 nitrogen and oxygen atoms in total. The van der Waals surface area contributed by atoms with Gasteiger partial charge in [-0.05, 0) is 42.3 Å². The number of nitrogens with two attached hydrogens (primary N) is 1. The zero-order valence-electron chi connectivity index (χ0n) is 17.0. The highest BCUT2D eigenvalue weighted by atomic mass is 16.5. The van der Waals surface area contributed by atoms with E-state index in [2.05, 4.69) is 70.4 Å². The number of nitrogens with zero attached hydrogens (tertiary/aromatic N) is 3. The lowest BCUT2D eigenvalue weighted by Crippen LogP contribution is -2.35. The van der Waals surface area contributed by atoms with Gasteiger partial charge in [-0.15, -0.1) is 0 Å². The van der Waals surface area contributed by atoms with Crippen LogP contribution < -0.4 is 10.6 Å². The number of ether oxygens (including phenoxy) is 1. The van der Waals surface area contributed by atoms with E-state index < -0.39 is 0 Å². The molecule has 0 saturated carbocycles. The average molecular weight is 396 g/mol. The molecule has 0 aliphatic carbocycles. The minimum atomic E-state index is -0.0607. The van der Waals surface area contributed by atoms with Crippen molar-refractivity contribution in [2.75, 3.05) is 18.1 Å². The molecule has 150 valence electrons. The normalized spacial score (nSPS) is 16.7. The Morgan fingerprint density at radius 3 is 2.67 bits per heavy atom. The Morgan fingerprint density at radius 2 is 1.93 bits per heavy atom. The molecule has 1 atom stereocenters. The second-order valence-corrected chi connectivity index (χ2v) is 7.80. The van der Waals surface area contributed by atoms with E-state index in [4.69, 9.17) is 10.5 Å². The smallest absolute Gasteiger partial charge is 0.0985 e. The van der Waals surface area contributed by atoms with Crippen molar-refractivity contribution in [1.29, 1.82) is 0 Å². The molecule has 3 aromatic rings. The number of aromatic nitrogens is 2. The van der Waals surface area contributed by atoms with Crippen molar-refractivity contribution in [1.82, 2.24) is 9.78 Å². The van der Waals surface area contributed by atoms with Crippen LogP contribution in [-0.4, -0.2) is 29.0 Å². The molecule has 5 heteroatoms. The Morgan fingerprint density at radius 1 is 1.10 bits per heavy atom. The highest BCUT2D eigenvalue weighted by Gasteiger charge is 2.23. The molecule has 0 amide bonds. The van der Waals surface area contributed by atoms with E-state index in [1.807, 2.05) is 30.1 Å². The van der Waals surface area contributed by atoms with Crippen molar-refractivity contribution in [3.8, 4) is 11.8 Å². The van der Waals surface area contributed by atoms with Gasteiger partial charge in [-0.3, -0.25) is 4.68 Å². The summed E-state index contributed by atoms with van der Waals surface area (Å²) in [5, 5.41) is 4.42. The fourth-order valence-corrected chi connectivity index (χ4v) is 3.86. The Hall–Kier alpha value is -3.33. The zero-order valence-corrected chi connectivity index (χ0v) is 17.0. The van der Waals surface area contributed by atoms with Crippen molar-refractivity contribution >= 4 is 11.8 Å². The van der Waals surface area contributed by atoms with Crippen LogP contribution in [0.25, 0.3) is 6.08 Å². The van der Waals surface area contributed by atoms with E-state index in [-0.39, 0.29) is 6.04 Å². The van der Waals surface area contributed by atoms with Crippen molar-refractivity contribution in [2.45, 2.75) is 25.6 Å². The van der Waals surface area contributed by atoms with Gasteiger partial charge in [0.15, 0.2) is 0 Å². The van der Waals surface area contributed by atoms with Crippen molar-refractivity contribution < 1.29 is 4.74 Å². The van der Waals surface area contributed by atoms with Crippen LogP contribution in [0.15, 0.2) is 66.6 Å². The molecule has 30 heavy (non-hydrogen) atoms. The van der Waals surface area contributed by atoms with E-state index in [0.29, 0.717) is 6.04 Å². The van der Waals surface area contributed by atoms with Crippen LogP contribution in [0.4, 0.5) is 5.69 Å². The van der Waals surface area contributed by atoms with Gasteiger partial charge in [-0.1, -0.05) is 42.2 Å². The molecule has 0 radical (unpaired) electrons. The van der Waals surface area contributed by atoms with Gasteiger partial charge < -0.3 is 15.4 Å². The SMILES string of the molecule is C[C@H](N)C1=Cc2cccc(C#Cc3cnn(C4COC4)c3)c2CN1c1ccccc1. The minimum Gasteiger partial charge on any atom is -0.377 e. The first-order valence-electron chi connectivity index (χ1n) is 10.2. The Bertz CT molecular complexity index is 1150. The molecule has 1 aromatic heterocycles.